The molecule has 7 heteroatoms. The first-order valence-electron chi connectivity index (χ1n) is 8.14. The molecule has 0 unspecified atom stereocenters. The summed E-state index contributed by atoms with van der Waals surface area (Å²) in [6.07, 6.45) is 2.75. The predicted molar refractivity (Wildman–Crippen MR) is 99.3 cm³/mol. The van der Waals surface area contributed by atoms with Crippen LogP contribution in [0.1, 0.15) is 22.3 Å². The minimum absolute atomic E-state index is 0.112. The Bertz CT molecular complexity index is 953. The van der Waals surface area contributed by atoms with Gasteiger partial charge in [0.15, 0.2) is 0 Å². The van der Waals surface area contributed by atoms with Gasteiger partial charge in [0.05, 0.1) is 17.6 Å². The highest BCUT2D eigenvalue weighted by atomic mass is 32.2. The number of carbonyl (C=O) groups is 1. The highest BCUT2D eigenvalue weighted by Crippen LogP contribution is 2.27. The van der Waals surface area contributed by atoms with E-state index >= 15 is 0 Å². The van der Waals surface area contributed by atoms with Gasteiger partial charge in [-0.1, -0.05) is 36.4 Å². The van der Waals surface area contributed by atoms with Crippen molar-refractivity contribution < 1.29 is 17.9 Å². The highest BCUT2D eigenvalue weighted by Gasteiger charge is 2.24. The van der Waals surface area contributed by atoms with E-state index in [9.17, 15) is 13.2 Å². The van der Waals surface area contributed by atoms with Crippen LogP contribution in [0.2, 0.25) is 0 Å². The minimum atomic E-state index is -3.90. The Morgan fingerprint density at radius 1 is 1.15 bits per heavy atom. The number of sulfonamides is 1. The fraction of sp³-hybridized carbons (Fsp3) is 0.211. The summed E-state index contributed by atoms with van der Waals surface area (Å²) in [6.45, 7) is 0.994. The van der Waals surface area contributed by atoms with Crippen LogP contribution in [0, 0.1) is 0 Å². The van der Waals surface area contributed by atoms with Crippen LogP contribution in [0.15, 0.2) is 59.5 Å². The largest absolute Gasteiger partial charge is 0.496 e. The fourth-order valence-electron chi connectivity index (χ4n) is 2.97. The van der Waals surface area contributed by atoms with Crippen LogP contribution in [0.3, 0.4) is 0 Å². The van der Waals surface area contributed by atoms with Gasteiger partial charge in [0.1, 0.15) is 5.75 Å². The van der Waals surface area contributed by atoms with Crippen LogP contribution in [0.4, 0.5) is 0 Å². The van der Waals surface area contributed by atoms with Gasteiger partial charge in [-0.2, -0.15) is 0 Å². The molecule has 0 aliphatic carbocycles. The van der Waals surface area contributed by atoms with E-state index < -0.39 is 10.0 Å². The summed E-state index contributed by atoms with van der Waals surface area (Å²) in [5, 5.41) is 5.18. The average molecular weight is 372 g/mol. The molecule has 2 aromatic carbocycles. The Labute approximate surface area is 152 Å². The zero-order valence-corrected chi connectivity index (χ0v) is 15.2. The third-order valence-electron chi connectivity index (χ3n) is 4.37. The fourth-order valence-corrected chi connectivity index (χ4v) is 3.51. The summed E-state index contributed by atoms with van der Waals surface area (Å²) in [5.74, 6) is 0.0379. The molecule has 1 aliphatic rings. The lowest BCUT2D eigenvalue weighted by Crippen LogP contribution is -2.35. The molecule has 1 amide bonds. The molecule has 2 N–H and O–H groups in total. The first-order chi connectivity index (χ1) is 12.4. The molecule has 6 nitrogen and oxygen atoms in total. The molecule has 0 spiro atoms. The normalized spacial score (nSPS) is 14.7. The first-order valence-corrected chi connectivity index (χ1v) is 9.69. The van der Waals surface area contributed by atoms with Gasteiger partial charge in [0.2, 0.25) is 10.0 Å². The SMILES string of the molecule is COc1ccc(S(N)(=O)=O)cc1C(=O)N1CC=C(c2ccccc2)CC1. The summed E-state index contributed by atoms with van der Waals surface area (Å²) < 4.78 is 28.4. The lowest BCUT2D eigenvalue weighted by molar-refractivity contribution is 0.0769. The summed E-state index contributed by atoms with van der Waals surface area (Å²) in [4.78, 5) is 14.4. The van der Waals surface area contributed by atoms with Crippen molar-refractivity contribution in [1.29, 1.82) is 0 Å². The third kappa shape index (κ3) is 3.79. The molecule has 136 valence electrons. The van der Waals surface area contributed by atoms with E-state index in [1.807, 2.05) is 36.4 Å². The molecule has 26 heavy (non-hydrogen) atoms. The van der Waals surface area contributed by atoms with Gasteiger partial charge in [-0.15, -0.1) is 0 Å². The zero-order valence-electron chi connectivity index (χ0n) is 14.4. The minimum Gasteiger partial charge on any atom is -0.496 e. The maximum atomic E-state index is 12.9. The Hall–Kier alpha value is -2.64. The van der Waals surface area contributed by atoms with Crippen LogP contribution < -0.4 is 9.88 Å². The van der Waals surface area contributed by atoms with Gasteiger partial charge in [-0.05, 0) is 35.8 Å². The van der Waals surface area contributed by atoms with Gasteiger partial charge in [0.25, 0.3) is 5.91 Å². The average Bonchev–Trinajstić information content (AvgIpc) is 2.67. The zero-order chi connectivity index (χ0) is 18.7. The molecule has 0 saturated carbocycles. The maximum absolute atomic E-state index is 12.9. The van der Waals surface area contributed by atoms with Gasteiger partial charge in [0, 0.05) is 13.1 Å². The number of methoxy groups -OCH3 is 1. The summed E-state index contributed by atoms with van der Waals surface area (Å²) >= 11 is 0. The van der Waals surface area contributed by atoms with Crippen molar-refractivity contribution in [3.05, 3.63) is 65.7 Å². The van der Waals surface area contributed by atoms with Crippen molar-refractivity contribution >= 4 is 21.5 Å². The molecule has 0 atom stereocenters. The number of rotatable bonds is 4. The number of carbonyl (C=O) groups excluding carboxylic acids is 1. The summed E-state index contributed by atoms with van der Waals surface area (Å²) in [6, 6.07) is 14.1. The molecule has 3 rings (SSSR count). The quantitative estimate of drug-likeness (QED) is 0.891. The van der Waals surface area contributed by atoms with E-state index in [0.717, 1.165) is 12.0 Å². The van der Waals surface area contributed by atoms with Gasteiger partial charge < -0.3 is 9.64 Å². The molecule has 0 fully saturated rings. The summed E-state index contributed by atoms with van der Waals surface area (Å²) in [5.41, 5.74) is 2.53. The predicted octanol–water partition coefficient (Wildman–Crippen LogP) is 2.27. The van der Waals surface area contributed by atoms with Crippen LogP contribution in [-0.4, -0.2) is 39.4 Å². The Kier molecular flexibility index (Phi) is 5.11. The van der Waals surface area contributed by atoms with E-state index in [-0.39, 0.29) is 16.4 Å². The Morgan fingerprint density at radius 2 is 1.88 bits per heavy atom. The number of benzene rings is 2. The molecule has 0 radical (unpaired) electrons. The molecule has 0 aromatic heterocycles. The first kappa shape index (κ1) is 18.2. The van der Waals surface area contributed by atoms with Crippen LogP contribution in [0.5, 0.6) is 5.75 Å². The van der Waals surface area contributed by atoms with Gasteiger partial charge >= 0.3 is 0 Å². The lowest BCUT2D eigenvalue weighted by atomic mass is 9.99. The number of hydrogen-bond donors (Lipinski definition) is 1. The molecule has 1 aliphatic heterocycles. The second-order valence-electron chi connectivity index (χ2n) is 6.00. The number of ether oxygens (including phenoxy) is 1. The van der Waals surface area contributed by atoms with Crippen molar-refractivity contribution in [2.75, 3.05) is 20.2 Å². The smallest absolute Gasteiger partial charge is 0.257 e. The molecular weight excluding hydrogens is 352 g/mol. The maximum Gasteiger partial charge on any atom is 0.257 e. The van der Waals surface area contributed by atoms with Crippen LogP contribution in [0.25, 0.3) is 5.57 Å². The topological polar surface area (TPSA) is 89.7 Å². The van der Waals surface area contributed by atoms with Crippen molar-refractivity contribution in [2.45, 2.75) is 11.3 Å². The molecule has 1 heterocycles. The number of hydrogen-bond acceptors (Lipinski definition) is 4. The second kappa shape index (κ2) is 7.31. The Balaban J connectivity index is 1.85. The van der Waals surface area contributed by atoms with Gasteiger partial charge in [-0.3, -0.25) is 4.79 Å². The third-order valence-corrected chi connectivity index (χ3v) is 5.28. The van der Waals surface area contributed by atoms with E-state index in [1.165, 1.54) is 30.9 Å². The van der Waals surface area contributed by atoms with Crippen molar-refractivity contribution in [3.8, 4) is 5.75 Å². The van der Waals surface area contributed by atoms with Crippen molar-refractivity contribution in [1.82, 2.24) is 4.90 Å². The van der Waals surface area contributed by atoms with Crippen LogP contribution >= 0.6 is 0 Å². The van der Waals surface area contributed by atoms with E-state index in [1.54, 1.807) is 4.90 Å². The van der Waals surface area contributed by atoms with Gasteiger partial charge in [-0.25, -0.2) is 13.6 Å². The van der Waals surface area contributed by atoms with Crippen molar-refractivity contribution in [2.24, 2.45) is 5.14 Å². The molecule has 2 aromatic rings. The van der Waals surface area contributed by atoms with E-state index in [4.69, 9.17) is 9.88 Å². The Morgan fingerprint density at radius 3 is 2.46 bits per heavy atom. The van der Waals surface area contributed by atoms with Crippen LogP contribution in [-0.2, 0) is 10.0 Å². The standard InChI is InChI=1S/C19H20N2O4S/c1-25-18-8-7-16(26(20,23)24)13-17(18)19(22)21-11-9-15(10-12-21)14-5-3-2-4-6-14/h2-9,13H,10-12H2,1H3,(H2,20,23,24). The lowest BCUT2D eigenvalue weighted by Gasteiger charge is -2.27. The monoisotopic (exact) mass is 372 g/mol. The van der Waals surface area contributed by atoms with E-state index in [0.29, 0.717) is 18.8 Å². The molecule has 0 saturated heterocycles. The number of primary sulfonamides is 1. The van der Waals surface area contributed by atoms with E-state index in [2.05, 4.69) is 0 Å². The number of nitrogens with two attached hydrogens (primary N) is 1. The van der Waals surface area contributed by atoms with Crippen molar-refractivity contribution in [3.63, 3.8) is 0 Å². The molecule has 0 bridgehead atoms. The number of nitrogens with zero attached hydrogens (tertiary/aromatic N) is 1. The number of amides is 1. The highest BCUT2D eigenvalue weighted by molar-refractivity contribution is 7.89. The second-order valence-corrected chi connectivity index (χ2v) is 7.57. The summed E-state index contributed by atoms with van der Waals surface area (Å²) in [7, 11) is -2.46. The molecular formula is C19H20N2O4S.